The lowest BCUT2D eigenvalue weighted by Gasteiger charge is -2.29. The maximum absolute atomic E-state index is 13.5. The van der Waals surface area contributed by atoms with E-state index in [2.05, 4.69) is 19.0 Å². The minimum Gasteiger partial charge on any atom is -0.755 e. The molecule has 1 fully saturated rings. The Balaban J connectivity index is 1.88. The van der Waals surface area contributed by atoms with Crippen LogP contribution < -0.4 is 10.0 Å². The monoisotopic (exact) mass is 472 g/mol. The summed E-state index contributed by atoms with van der Waals surface area (Å²) < 4.78 is 45.3. The van der Waals surface area contributed by atoms with E-state index in [0.717, 1.165) is 31.2 Å². The van der Waals surface area contributed by atoms with Crippen LogP contribution in [0.25, 0.3) is 22.3 Å². The van der Waals surface area contributed by atoms with Crippen LogP contribution in [0.2, 0.25) is 0 Å². The van der Waals surface area contributed by atoms with Crippen LogP contribution >= 0.6 is 0 Å². The Labute approximate surface area is 194 Å². The summed E-state index contributed by atoms with van der Waals surface area (Å²) in [5.41, 5.74) is 8.86. The molecule has 7 nitrogen and oxygen atoms in total. The minimum absolute atomic E-state index is 0.135. The molecular weight excluding hydrogens is 445 g/mol. The van der Waals surface area contributed by atoms with Gasteiger partial charge in [-0.15, -0.1) is 0 Å². The van der Waals surface area contributed by atoms with Gasteiger partial charge in [0.2, 0.25) is 0 Å². The third-order valence-electron chi connectivity index (χ3n) is 5.92. The van der Waals surface area contributed by atoms with Crippen molar-refractivity contribution in [1.29, 1.82) is 0 Å². The molecule has 1 aliphatic carbocycles. The number of rotatable bonds is 9. The predicted octanol–water partition coefficient (Wildman–Crippen LogP) is 5.25. The fourth-order valence-electron chi connectivity index (χ4n) is 4.11. The Morgan fingerprint density at radius 2 is 2.03 bits per heavy atom. The van der Waals surface area contributed by atoms with Crippen molar-refractivity contribution in [2.24, 2.45) is 16.8 Å². The molecule has 9 heteroatoms. The standard InChI is InChI=1S/C24H28FN3O4S/c1-14(2)4-3-11-28(33(30)31)20-13-21-19(12-18(20)15-5-6-15)22(24(26)27-29)23(32-21)16-7-9-17(25)10-8-16/h7-10,12-15,29H,3-6,11H2,1-2H3,(H2,26,27)(H,30,31)/p-1. The zero-order valence-corrected chi connectivity index (χ0v) is 19.4. The van der Waals surface area contributed by atoms with Crippen molar-refractivity contribution in [2.75, 3.05) is 10.8 Å². The zero-order chi connectivity index (χ0) is 23.7. The van der Waals surface area contributed by atoms with Crippen molar-refractivity contribution < 1.29 is 22.8 Å². The molecule has 33 heavy (non-hydrogen) atoms. The van der Waals surface area contributed by atoms with Gasteiger partial charge in [0.15, 0.2) is 5.84 Å². The first-order chi connectivity index (χ1) is 15.8. The molecule has 1 aliphatic rings. The molecule has 4 rings (SSSR count). The van der Waals surface area contributed by atoms with E-state index < -0.39 is 17.1 Å². The number of benzene rings is 2. The van der Waals surface area contributed by atoms with Crippen LogP contribution in [0.3, 0.4) is 0 Å². The number of hydrogen-bond donors (Lipinski definition) is 2. The van der Waals surface area contributed by atoms with Crippen LogP contribution in [0, 0.1) is 11.7 Å². The molecule has 1 atom stereocenters. The largest absolute Gasteiger partial charge is 0.755 e. The van der Waals surface area contributed by atoms with Crippen LogP contribution in [-0.2, 0) is 11.3 Å². The summed E-state index contributed by atoms with van der Waals surface area (Å²) in [6.45, 7) is 4.58. The minimum atomic E-state index is -2.45. The number of oxime groups is 1. The smallest absolute Gasteiger partial charge is 0.174 e. The lowest BCUT2D eigenvalue weighted by Crippen LogP contribution is -2.27. The van der Waals surface area contributed by atoms with Gasteiger partial charge in [-0.05, 0) is 73.4 Å². The maximum atomic E-state index is 13.5. The molecule has 1 aromatic heterocycles. The van der Waals surface area contributed by atoms with Gasteiger partial charge in [0, 0.05) is 34.8 Å². The lowest BCUT2D eigenvalue weighted by molar-refractivity contribution is 0.318. The molecule has 3 N–H and O–H groups in total. The topological polar surface area (TPSA) is 115 Å². The van der Waals surface area contributed by atoms with Gasteiger partial charge in [0.05, 0.1) is 11.3 Å². The fraction of sp³-hybridized carbons (Fsp3) is 0.375. The van der Waals surface area contributed by atoms with Gasteiger partial charge in [-0.1, -0.05) is 19.0 Å². The van der Waals surface area contributed by atoms with E-state index in [9.17, 15) is 18.4 Å². The Kier molecular flexibility index (Phi) is 6.71. The zero-order valence-electron chi connectivity index (χ0n) is 18.6. The Bertz CT molecular complexity index is 1200. The molecule has 1 unspecified atom stereocenters. The SMILES string of the molecule is CC(C)CCCN(c1cc2oc(-c3ccc(F)cc3)c(C(N)=NO)c2cc1C1CC1)S(=O)[O-]. The molecule has 1 heterocycles. The number of hydrogen-bond acceptors (Lipinski definition) is 5. The van der Waals surface area contributed by atoms with Crippen LogP contribution in [-0.4, -0.2) is 26.3 Å². The van der Waals surface area contributed by atoms with Crippen LogP contribution in [0.5, 0.6) is 0 Å². The van der Waals surface area contributed by atoms with E-state index in [1.165, 1.54) is 16.4 Å². The van der Waals surface area contributed by atoms with Crippen LogP contribution in [0.4, 0.5) is 10.1 Å². The van der Waals surface area contributed by atoms with E-state index in [-0.39, 0.29) is 11.8 Å². The van der Waals surface area contributed by atoms with Crippen molar-refractivity contribution in [2.45, 2.75) is 45.4 Å². The summed E-state index contributed by atoms with van der Waals surface area (Å²) in [6.07, 6.45) is 3.58. The summed E-state index contributed by atoms with van der Waals surface area (Å²) in [6, 6.07) is 9.31. The Hall–Kier alpha value is -2.91. The molecule has 176 valence electrons. The summed E-state index contributed by atoms with van der Waals surface area (Å²) in [5.74, 6) is 0.514. The third kappa shape index (κ3) is 4.89. The third-order valence-corrected chi connectivity index (χ3v) is 6.66. The van der Waals surface area contributed by atoms with E-state index in [1.807, 2.05) is 6.07 Å². The molecule has 0 aliphatic heterocycles. The average molecular weight is 473 g/mol. The molecule has 0 spiro atoms. The number of furan rings is 1. The number of fused-ring (bicyclic) bond motifs is 1. The second-order valence-electron chi connectivity index (χ2n) is 8.84. The summed E-state index contributed by atoms with van der Waals surface area (Å²) in [4.78, 5) is 0. The highest BCUT2D eigenvalue weighted by molar-refractivity contribution is 7.80. The number of nitrogens with zero attached hydrogens (tertiary/aromatic N) is 2. The molecule has 0 bridgehead atoms. The predicted molar refractivity (Wildman–Crippen MR) is 126 cm³/mol. The normalized spacial score (nSPS) is 15.4. The maximum Gasteiger partial charge on any atom is 0.174 e. The second-order valence-corrected chi connectivity index (χ2v) is 9.71. The molecule has 0 amide bonds. The van der Waals surface area contributed by atoms with E-state index in [4.69, 9.17) is 10.2 Å². The first-order valence-corrected chi connectivity index (χ1v) is 12.0. The first kappa shape index (κ1) is 23.3. The van der Waals surface area contributed by atoms with Gasteiger partial charge in [-0.25, -0.2) is 4.39 Å². The number of nitrogens with two attached hydrogens (primary N) is 1. The van der Waals surface area contributed by atoms with Gasteiger partial charge in [-0.3, -0.25) is 4.21 Å². The number of halogens is 1. The molecule has 1 saturated carbocycles. The van der Waals surface area contributed by atoms with Gasteiger partial charge >= 0.3 is 0 Å². The second kappa shape index (κ2) is 9.52. The first-order valence-electron chi connectivity index (χ1n) is 11.0. The van der Waals surface area contributed by atoms with Crippen molar-refractivity contribution in [1.82, 2.24) is 0 Å². The van der Waals surface area contributed by atoms with Crippen molar-refractivity contribution in [3.05, 3.63) is 53.3 Å². The summed E-state index contributed by atoms with van der Waals surface area (Å²) in [7, 11) is 0. The van der Waals surface area contributed by atoms with Gasteiger partial charge in [0.25, 0.3) is 0 Å². The molecule has 0 saturated heterocycles. The quantitative estimate of drug-likeness (QED) is 0.145. The van der Waals surface area contributed by atoms with Gasteiger partial charge < -0.3 is 24.2 Å². The number of amidine groups is 1. The highest BCUT2D eigenvalue weighted by atomic mass is 32.2. The lowest BCUT2D eigenvalue weighted by atomic mass is 10.00. The molecule has 3 aromatic rings. The fourth-order valence-corrected chi connectivity index (χ4v) is 4.71. The van der Waals surface area contributed by atoms with Gasteiger partial charge in [-0.2, -0.15) is 0 Å². The molecule has 2 aromatic carbocycles. The Morgan fingerprint density at radius 1 is 1.33 bits per heavy atom. The average Bonchev–Trinajstić information content (AvgIpc) is 3.56. The summed E-state index contributed by atoms with van der Waals surface area (Å²) in [5, 5.41) is 13.2. The van der Waals surface area contributed by atoms with Crippen molar-refractivity contribution in [3.63, 3.8) is 0 Å². The Morgan fingerprint density at radius 3 is 2.61 bits per heavy atom. The number of anilines is 1. The van der Waals surface area contributed by atoms with Crippen molar-refractivity contribution in [3.8, 4) is 11.3 Å². The van der Waals surface area contributed by atoms with Gasteiger partial charge in [0.1, 0.15) is 17.2 Å². The van der Waals surface area contributed by atoms with E-state index in [0.29, 0.717) is 46.0 Å². The van der Waals surface area contributed by atoms with E-state index >= 15 is 0 Å². The van der Waals surface area contributed by atoms with Crippen molar-refractivity contribution >= 4 is 33.8 Å². The van der Waals surface area contributed by atoms with Crippen LogP contribution in [0.15, 0.2) is 46.0 Å². The van der Waals surface area contributed by atoms with Crippen LogP contribution in [0.1, 0.15) is 56.6 Å². The summed E-state index contributed by atoms with van der Waals surface area (Å²) >= 11 is -2.45. The highest BCUT2D eigenvalue weighted by Gasteiger charge is 2.31. The molecule has 0 radical (unpaired) electrons. The molecular formula is C24H27FN3O4S-. The van der Waals surface area contributed by atoms with E-state index in [1.54, 1.807) is 18.2 Å². The highest BCUT2D eigenvalue weighted by Crippen LogP contribution is 2.47.